The van der Waals surface area contributed by atoms with Gasteiger partial charge in [0.1, 0.15) is 5.82 Å². The lowest BCUT2D eigenvalue weighted by atomic mass is 10.0. The van der Waals surface area contributed by atoms with Crippen LogP contribution in [0.15, 0.2) is 12.1 Å². The number of piperidine rings is 1. The smallest absolute Gasteiger partial charge is 0.129 e. The fourth-order valence-corrected chi connectivity index (χ4v) is 2.59. The van der Waals surface area contributed by atoms with E-state index in [4.69, 9.17) is 9.84 Å². The summed E-state index contributed by atoms with van der Waals surface area (Å²) in [5.41, 5.74) is 1.81. The monoisotopic (exact) mass is 250 g/mol. The van der Waals surface area contributed by atoms with Gasteiger partial charge in [-0.05, 0) is 38.3 Å². The summed E-state index contributed by atoms with van der Waals surface area (Å²) in [7, 11) is 1.78. The third kappa shape index (κ3) is 2.65. The SMILES string of the molecule is COC1CCN(c2ccc(CO)c(C)n2)C(C)C1. The quantitative estimate of drug-likeness (QED) is 0.889. The maximum atomic E-state index is 9.17. The van der Waals surface area contributed by atoms with Gasteiger partial charge in [0, 0.05) is 25.4 Å². The molecule has 1 aromatic rings. The van der Waals surface area contributed by atoms with Gasteiger partial charge < -0.3 is 14.7 Å². The molecule has 4 heteroatoms. The van der Waals surface area contributed by atoms with Crippen molar-refractivity contribution in [1.82, 2.24) is 4.98 Å². The third-order valence-corrected chi connectivity index (χ3v) is 3.81. The van der Waals surface area contributed by atoms with Crippen molar-refractivity contribution in [1.29, 1.82) is 0 Å². The first-order valence-corrected chi connectivity index (χ1v) is 6.52. The number of hydrogen-bond acceptors (Lipinski definition) is 4. The van der Waals surface area contributed by atoms with Crippen LogP contribution in [0.5, 0.6) is 0 Å². The van der Waals surface area contributed by atoms with Crippen molar-refractivity contribution < 1.29 is 9.84 Å². The van der Waals surface area contributed by atoms with Crippen LogP contribution in [0, 0.1) is 6.92 Å². The van der Waals surface area contributed by atoms with Gasteiger partial charge in [0.15, 0.2) is 0 Å². The van der Waals surface area contributed by atoms with E-state index >= 15 is 0 Å². The molecule has 2 atom stereocenters. The number of hydrogen-bond donors (Lipinski definition) is 1. The van der Waals surface area contributed by atoms with Crippen LogP contribution in [0.1, 0.15) is 31.0 Å². The van der Waals surface area contributed by atoms with Gasteiger partial charge in [-0.2, -0.15) is 0 Å². The Labute approximate surface area is 109 Å². The minimum Gasteiger partial charge on any atom is -0.392 e. The van der Waals surface area contributed by atoms with Crippen LogP contribution in [-0.4, -0.2) is 35.9 Å². The number of aliphatic hydroxyl groups excluding tert-OH is 1. The molecule has 18 heavy (non-hydrogen) atoms. The third-order valence-electron chi connectivity index (χ3n) is 3.81. The molecule has 0 spiro atoms. The molecule has 4 nitrogen and oxygen atoms in total. The van der Waals surface area contributed by atoms with E-state index in [1.807, 2.05) is 19.1 Å². The molecule has 2 heterocycles. The Kier molecular flexibility index (Phi) is 4.19. The normalized spacial score (nSPS) is 24.3. The van der Waals surface area contributed by atoms with Crippen LogP contribution in [0.25, 0.3) is 0 Å². The number of aliphatic hydroxyl groups is 1. The number of methoxy groups -OCH3 is 1. The molecule has 0 amide bonds. The minimum atomic E-state index is 0.0560. The highest BCUT2D eigenvalue weighted by Crippen LogP contribution is 2.25. The molecule has 1 N–H and O–H groups in total. The molecule has 0 bridgehead atoms. The fraction of sp³-hybridized carbons (Fsp3) is 0.643. The van der Waals surface area contributed by atoms with Crippen LogP contribution < -0.4 is 4.90 Å². The number of anilines is 1. The minimum absolute atomic E-state index is 0.0560. The average molecular weight is 250 g/mol. The van der Waals surface area contributed by atoms with Crippen molar-refractivity contribution >= 4 is 5.82 Å². The fourth-order valence-electron chi connectivity index (χ4n) is 2.59. The first kappa shape index (κ1) is 13.3. The second kappa shape index (κ2) is 5.67. The van der Waals surface area contributed by atoms with Crippen molar-refractivity contribution in [3.8, 4) is 0 Å². The molecule has 2 rings (SSSR count). The molecule has 2 unspecified atom stereocenters. The zero-order chi connectivity index (χ0) is 13.1. The second-order valence-electron chi connectivity index (χ2n) is 5.00. The van der Waals surface area contributed by atoms with Gasteiger partial charge in [-0.25, -0.2) is 4.98 Å². The molecule has 0 aliphatic carbocycles. The van der Waals surface area contributed by atoms with Crippen molar-refractivity contribution in [2.24, 2.45) is 0 Å². The first-order chi connectivity index (χ1) is 8.65. The van der Waals surface area contributed by atoms with E-state index in [-0.39, 0.29) is 6.61 Å². The molecule has 100 valence electrons. The lowest BCUT2D eigenvalue weighted by molar-refractivity contribution is 0.0719. The highest BCUT2D eigenvalue weighted by molar-refractivity contribution is 5.43. The molecular weight excluding hydrogens is 228 g/mol. The predicted octanol–water partition coefficient (Wildman–Crippen LogP) is 1.89. The van der Waals surface area contributed by atoms with Crippen LogP contribution >= 0.6 is 0 Å². The van der Waals surface area contributed by atoms with E-state index in [1.165, 1.54) is 0 Å². The molecule has 0 saturated carbocycles. The largest absolute Gasteiger partial charge is 0.392 e. The summed E-state index contributed by atoms with van der Waals surface area (Å²) < 4.78 is 5.43. The van der Waals surface area contributed by atoms with Gasteiger partial charge in [0.25, 0.3) is 0 Å². The van der Waals surface area contributed by atoms with E-state index in [2.05, 4.69) is 16.8 Å². The van der Waals surface area contributed by atoms with E-state index in [0.717, 1.165) is 36.5 Å². The van der Waals surface area contributed by atoms with E-state index in [9.17, 15) is 0 Å². The summed E-state index contributed by atoms with van der Waals surface area (Å²) in [6.07, 6.45) is 2.46. The molecule has 0 aromatic carbocycles. The molecule has 1 saturated heterocycles. The van der Waals surface area contributed by atoms with Crippen molar-refractivity contribution in [2.45, 2.75) is 45.4 Å². The Morgan fingerprint density at radius 3 is 2.83 bits per heavy atom. The van der Waals surface area contributed by atoms with E-state index < -0.39 is 0 Å². The number of ether oxygens (including phenoxy) is 1. The lowest BCUT2D eigenvalue weighted by Gasteiger charge is -2.38. The Morgan fingerprint density at radius 2 is 2.28 bits per heavy atom. The molecule has 1 aliphatic heterocycles. The zero-order valence-corrected chi connectivity index (χ0v) is 11.4. The molecule has 0 radical (unpaired) electrons. The van der Waals surface area contributed by atoms with Gasteiger partial charge >= 0.3 is 0 Å². The summed E-state index contributed by atoms with van der Waals surface area (Å²) in [6, 6.07) is 4.41. The van der Waals surface area contributed by atoms with Crippen molar-refractivity contribution in [2.75, 3.05) is 18.6 Å². The summed E-state index contributed by atoms with van der Waals surface area (Å²) in [5, 5.41) is 9.17. The second-order valence-corrected chi connectivity index (χ2v) is 5.00. The Hall–Kier alpha value is -1.13. The highest BCUT2D eigenvalue weighted by Gasteiger charge is 2.26. The Balaban J connectivity index is 2.14. The van der Waals surface area contributed by atoms with Gasteiger partial charge in [-0.15, -0.1) is 0 Å². The number of aromatic nitrogens is 1. The maximum Gasteiger partial charge on any atom is 0.129 e. The first-order valence-electron chi connectivity index (χ1n) is 6.52. The Morgan fingerprint density at radius 1 is 1.50 bits per heavy atom. The number of aryl methyl sites for hydroxylation is 1. The highest BCUT2D eigenvalue weighted by atomic mass is 16.5. The van der Waals surface area contributed by atoms with Gasteiger partial charge in [-0.1, -0.05) is 6.07 Å². The molecule has 1 fully saturated rings. The molecule has 1 aromatic heterocycles. The Bertz CT molecular complexity index is 409. The van der Waals surface area contributed by atoms with Crippen LogP contribution in [0.3, 0.4) is 0 Å². The van der Waals surface area contributed by atoms with Crippen LogP contribution in [-0.2, 0) is 11.3 Å². The molecule has 1 aliphatic rings. The number of pyridine rings is 1. The summed E-state index contributed by atoms with van der Waals surface area (Å²) in [5.74, 6) is 1.01. The van der Waals surface area contributed by atoms with E-state index in [1.54, 1.807) is 7.11 Å². The standard InChI is InChI=1S/C14H22N2O2/c1-10-8-13(18-3)6-7-16(10)14-5-4-12(9-17)11(2)15-14/h4-5,10,13,17H,6-9H2,1-3H3. The van der Waals surface area contributed by atoms with Crippen LogP contribution in [0.2, 0.25) is 0 Å². The average Bonchev–Trinajstić information content (AvgIpc) is 2.38. The van der Waals surface area contributed by atoms with Crippen molar-refractivity contribution in [3.63, 3.8) is 0 Å². The topological polar surface area (TPSA) is 45.6 Å². The van der Waals surface area contributed by atoms with Gasteiger partial charge in [0.05, 0.1) is 12.7 Å². The van der Waals surface area contributed by atoms with Crippen LogP contribution in [0.4, 0.5) is 5.82 Å². The zero-order valence-electron chi connectivity index (χ0n) is 11.4. The summed E-state index contributed by atoms with van der Waals surface area (Å²) in [6.45, 7) is 5.19. The molecular formula is C14H22N2O2. The number of nitrogens with zero attached hydrogens (tertiary/aromatic N) is 2. The summed E-state index contributed by atoms with van der Waals surface area (Å²) >= 11 is 0. The van der Waals surface area contributed by atoms with Gasteiger partial charge in [-0.3, -0.25) is 0 Å². The lowest BCUT2D eigenvalue weighted by Crippen LogP contribution is -2.43. The van der Waals surface area contributed by atoms with Gasteiger partial charge in [0.2, 0.25) is 0 Å². The van der Waals surface area contributed by atoms with E-state index in [0.29, 0.717) is 12.1 Å². The maximum absolute atomic E-state index is 9.17. The van der Waals surface area contributed by atoms with Crippen molar-refractivity contribution in [3.05, 3.63) is 23.4 Å². The summed E-state index contributed by atoms with van der Waals surface area (Å²) in [4.78, 5) is 6.92. The number of rotatable bonds is 3. The predicted molar refractivity (Wildman–Crippen MR) is 71.7 cm³/mol.